The van der Waals surface area contributed by atoms with E-state index in [9.17, 15) is 4.79 Å². The monoisotopic (exact) mass is 330 g/mol. The van der Waals surface area contributed by atoms with Gasteiger partial charge in [0.25, 0.3) is 0 Å². The van der Waals surface area contributed by atoms with Crippen molar-refractivity contribution >= 4 is 24.3 Å². The summed E-state index contributed by atoms with van der Waals surface area (Å²) in [6.07, 6.45) is 0.561. The summed E-state index contributed by atoms with van der Waals surface area (Å²) >= 11 is -0.270. The van der Waals surface area contributed by atoms with Crippen molar-refractivity contribution < 1.29 is 9.53 Å². The van der Waals surface area contributed by atoms with Gasteiger partial charge in [-0.1, -0.05) is 0 Å². The van der Waals surface area contributed by atoms with Crippen LogP contribution in [-0.4, -0.2) is 26.4 Å². The molecule has 0 saturated heterocycles. The van der Waals surface area contributed by atoms with Gasteiger partial charge in [-0.15, -0.1) is 0 Å². The fourth-order valence-corrected chi connectivity index (χ4v) is 2.80. The van der Waals surface area contributed by atoms with Gasteiger partial charge in [0.05, 0.1) is 0 Å². The SMILES string of the molecule is O=C(OCCC#Cc1ccccc1)[Se]c1ccccc1. The Morgan fingerprint density at radius 3 is 2.35 bits per heavy atom. The summed E-state index contributed by atoms with van der Waals surface area (Å²) in [5.74, 6) is 6.03. The Kier molecular flexibility index (Phi) is 5.92. The molecule has 0 aliphatic carbocycles. The van der Waals surface area contributed by atoms with Gasteiger partial charge >= 0.3 is 125 Å². The molecule has 0 spiro atoms. The van der Waals surface area contributed by atoms with Crippen LogP contribution >= 0.6 is 0 Å². The quantitative estimate of drug-likeness (QED) is 0.490. The maximum atomic E-state index is 11.6. The molecule has 20 heavy (non-hydrogen) atoms. The molecule has 0 amide bonds. The van der Waals surface area contributed by atoms with Crippen LogP contribution in [0.4, 0.5) is 4.79 Å². The van der Waals surface area contributed by atoms with E-state index in [1.165, 1.54) is 0 Å². The molecule has 0 fully saturated rings. The van der Waals surface area contributed by atoms with Crippen LogP contribution in [0.15, 0.2) is 60.7 Å². The van der Waals surface area contributed by atoms with Crippen LogP contribution in [0.25, 0.3) is 0 Å². The van der Waals surface area contributed by atoms with Gasteiger partial charge in [0.15, 0.2) is 0 Å². The number of benzene rings is 2. The summed E-state index contributed by atoms with van der Waals surface area (Å²) in [4.78, 5) is 11.5. The Hall–Kier alpha value is -2.01. The summed E-state index contributed by atoms with van der Waals surface area (Å²) < 4.78 is 6.20. The van der Waals surface area contributed by atoms with Gasteiger partial charge in [-0.2, -0.15) is 0 Å². The van der Waals surface area contributed by atoms with E-state index in [0.717, 1.165) is 10.0 Å². The van der Waals surface area contributed by atoms with Crippen molar-refractivity contribution in [2.75, 3.05) is 6.61 Å². The third-order valence-corrected chi connectivity index (χ3v) is 4.06. The molecule has 2 nitrogen and oxygen atoms in total. The van der Waals surface area contributed by atoms with Crippen molar-refractivity contribution in [1.82, 2.24) is 0 Å². The Bertz CT molecular complexity index is 597. The molecule has 0 heterocycles. The molecule has 2 rings (SSSR count). The number of carbonyl (C=O) groups is 1. The molecule has 0 aromatic heterocycles. The summed E-state index contributed by atoms with van der Waals surface area (Å²) in [5.41, 5.74) is 0.979. The van der Waals surface area contributed by atoms with Crippen molar-refractivity contribution in [2.24, 2.45) is 0 Å². The number of hydrogen-bond acceptors (Lipinski definition) is 2. The Balaban J connectivity index is 1.69. The first-order chi connectivity index (χ1) is 9.84. The molecule has 3 heteroatoms. The first-order valence-electron chi connectivity index (χ1n) is 6.28. The molecule has 0 N–H and O–H groups in total. The van der Waals surface area contributed by atoms with E-state index >= 15 is 0 Å². The van der Waals surface area contributed by atoms with E-state index in [2.05, 4.69) is 11.8 Å². The number of rotatable bonds is 4. The fourth-order valence-electron chi connectivity index (χ4n) is 1.49. The zero-order chi connectivity index (χ0) is 14.0. The van der Waals surface area contributed by atoms with Gasteiger partial charge in [-0.05, 0) is 0 Å². The molecule has 0 atom stereocenters. The normalized spacial score (nSPS) is 9.40. The van der Waals surface area contributed by atoms with E-state index in [1.807, 2.05) is 60.7 Å². The van der Waals surface area contributed by atoms with Crippen molar-refractivity contribution in [3.05, 3.63) is 66.2 Å². The van der Waals surface area contributed by atoms with Crippen LogP contribution in [0.3, 0.4) is 0 Å². The van der Waals surface area contributed by atoms with Gasteiger partial charge in [0, 0.05) is 0 Å². The van der Waals surface area contributed by atoms with Crippen molar-refractivity contribution in [2.45, 2.75) is 6.42 Å². The first-order valence-corrected chi connectivity index (χ1v) is 7.99. The van der Waals surface area contributed by atoms with Crippen molar-refractivity contribution in [3.63, 3.8) is 0 Å². The fraction of sp³-hybridized carbons (Fsp3) is 0.118. The molecule has 0 aliphatic rings. The average Bonchev–Trinajstić information content (AvgIpc) is 2.49. The summed E-state index contributed by atoms with van der Waals surface area (Å²) in [6.45, 7) is 0.354. The van der Waals surface area contributed by atoms with E-state index in [4.69, 9.17) is 4.74 Å². The maximum absolute atomic E-state index is 11.6. The number of carbonyl (C=O) groups excluding carboxylic acids is 1. The van der Waals surface area contributed by atoms with Gasteiger partial charge < -0.3 is 0 Å². The molecule has 2 aromatic carbocycles. The van der Waals surface area contributed by atoms with E-state index in [0.29, 0.717) is 13.0 Å². The average molecular weight is 329 g/mol. The zero-order valence-electron chi connectivity index (χ0n) is 10.9. The molecular weight excluding hydrogens is 315 g/mol. The van der Waals surface area contributed by atoms with Gasteiger partial charge in [0.2, 0.25) is 0 Å². The minimum atomic E-state index is -0.270. The molecule has 0 unspecified atom stereocenters. The van der Waals surface area contributed by atoms with E-state index in [1.54, 1.807) is 0 Å². The molecule has 100 valence electrons. The van der Waals surface area contributed by atoms with E-state index < -0.39 is 0 Å². The predicted molar refractivity (Wildman–Crippen MR) is 81.1 cm³/mol. The number of ether oxygens (including phenoxy) is 1. The minimum absolute atomic E-state index is 0.148. The van der Waals surface area contributed by atoms with Crippen LogP contribution in [0.5, 0.6) is 0 Å². The molecule has 0 radical (unpaired) electrons. The second-order valence-corrected chi connectivity index (χ2v) is 6.05. The van der Waals surface area contributed by atoms with Crippen LogP contribution in [0, 0.1) is 11.8 Å². The van der Waals surface area contributed by atoms with Crippen molar-refractivity contribution in [1.29, 1.82) is 0 Å². The third kappa shape index (κ3) is 5.32. The predicted octanol–water partition coefficient (Wildman–Crippen LogP) is 2.59. The van der Waals surface area contributed by atoms with Crippen LogP contribution in [0.1, 0.15) is 12.0 Å². The molecule has 0 bridgehead atoms. The second kappa shape index (κ2) is 8.22. The first kappa shape index (κ1) is 14.4. The summed E-state index contributed by atoms with van der Waals surface area (Å²) in [6, 6.07) is 19.4. The Labute approximate surface area is 125 Å². The Morgan fingerprint density at radius 2 is 1.65 bits per heavy atom. The molecule has 0 aliphatic heterocycles. The molecule has 2 aromatic rings. The van der Waals surface area contributed by atoms with Crippen molar-refractivity contribution in [3.8, 4) is 11.8 Å². The molecule has 0 saturated carbocycles. The Morgan fingerprint density at radius 1 is 1.00 bits per heavy atom. The number of hydrogen-bond donors (Lipinski definition) is 0. The second-order valence-electron chi connectivity index (χ2n) is 3.93. The van der Waals surface area contributed by atoms with Crippen LogP contribution < -0.4 is 4.46 Å². The summed E-state index contributed by atoms with van der Waals surface area (Å²) in [5, 5.41) is 0. The van der Waals surface area contributed by atoms with E-state index in [-0.39, 0.29) is 19.8 Å². The van der Waals surface area contributed by atoms with Gasteiger partial charge in [-0.3, -0.25) is 0 Å². The zero-order valence-corrected chi connectivity index (χ0v) is 12.6. The van der Waals surface area contributed by atoms with Crippen LogP contribution in [-0.2, 0) is 4.74 Å². The van der Waals surface area contributed by atoms with Gasteiger partial charge in [-0.25, -0.2) is 0 Å². The summed E-state index contributed by atoms with van der Waals surface area (Å²) in [7, 11) is 0. The standard InChI is InChI=1S/C17H14O2Se/c18-17(20-16-12-5-2-6-13-16)19-14-8-7-11-15-9-3-1-4-10-15/h1-6,9-10,12-13H,8,14H2. The third-order valence-electron chi connectivity index (χ3n) is 2.40. The molecular formula is C17H14O2Se. The van der Waals surface area contributed by atoms with Crippen LogP contribution in [0.2, 0.25) is 0 Å². The topological polar surface area (TPSA) is 26.3 Å². The van der Waals surface area contributed by atoms with Gasteiger partial charge in [0.1, 0.15) is 0 Å².